The maximum absolute atomic E-state index is 12.5. The molecule has 0 saturated carbocycles. The van der Waals surface area contributed by atoms with Gasteiger partial charge in [-0.3, -0.25) is 9.59 Å². The van der Waals surface area contributed by atoms with Crippen LogP contribution in [-0.2, 0) is 16.0 Å². The summed E-state index contributed by atoms with van der Waals surface area (Å²) in [5.74, 6) is 0.0959. The van der Waals surface area contributed by atoms with Crippen molar-refractivity contribution in [1.82, 2.24) is 10.2 Å². The van der Waals surface area contributed by atoms with Crippen molar-refractivity contribution in [3.8, 4) is 0 Å². The lowest BCUT2D eigenvalue weighted by Crippen LogP contribution is -2.46. The van der Waals surface area contributed by atoms with Crippen molar-refractivity contribution in [3.63, 3.8) is 0 Å². The number of nitrogens with zero attached hydrogens (tertiary/aromatic N) is 1. The third-order valence-electron chi connectivity index (χ3n) is 4.99. The number of rotatable bonds is 7. The van der Waals surface area contributed by atoms with Crippen LogP contribution in [0.4, 0.5) is 0 Å². The zero-order valence-corrected chi connectivity index (χ0v) is 17.1. The molecule has 27 heavy (non-hydrogen) atoms. The number of hydrogen-bond acceptors (Lipinski definition) is 4. The first-order valence-corrected chi connectivity index (χ1v) is 10.3. The smallest absolute Gasteiger partial charge is 0.224 e. The second-order valence-corrected chi connectivity index (χ2v) is 7.78. The molecule has 3 rings (SSSR count). The summed E-state index contributed by atoms with van der Waals surface area (Å²) in [7, 11) is 0. The fraction of sp³-hybridized carbons (Fsp3) is 0.500. The summed E-state index contributed by atoms with van der Waals surface area (Å²) in [6.45, 7) is 2.24. The largest absolute Gasteiger partial charge is 0.355 e. The summed E-state index contributed by atoms with van der Waals surface area (Å²) in [4.78, 5) is 26.5. The van der Waals surface area contributed by atoms with E-state index >= 15 is 0 Å². The van der Waals surface area contributed by atoms with Gasteiger partial charge in [-0.15, -0.1) is 23.7 Å². The Morgan fingerprint density at radius 3 is 2.93 bits per heavy atom. The number of benzene rings is 1. The Balaban J connectivity index is 0.00000261. The maximum atomic E-state index is 12.5. The van der Waals surface area contributed by atoms with E-state index in [0.717, 1.165) is 32.2 Å². The molecule has 2 amide bonds. The van der Waals surface area contributed by atoms with Crippen molar-refractivity contribution in [1.29, 1.82) is 0 Å². The lowest BCUT2D eigenvalue weighted by molar-refractivity contribution is -0.135. The van der Waals surface area contributed by atoms with Crippen LogP contribution in [-0.4, -0.2) is 42.9 Å². The Morgan fingerprint density at radius 2 is 2.11 bits per heavy atom. The van der Waals surface area contributed by atoms with Crippen LogP contribution in [0.25, 0.3) is 10.1 Å². The van der Waals surface area contributed by atoms with Gasteiger partial charge in [0.05, 0.1) is 5.92 Å². The first kappa shape index (κ1) is 21.7. The predicted octanol–water partition coefficient (Wildman–Crippen LogP) is 2.96. The van der Waals surface area contributed by atoms with Gasteiger partial charge in [-0.05, 0) is 48.1 Å². The Bertz CT molecular complexity index is 765. The molecule has 1 aliphatic rings. The molecule has 1 atom stereocenters. The number of likely N-dealkylation sites (tertiary alicyclic amines) is 1. The molecule has 2 aromatic rings. The van der Waals surface area contributed by atoms with Crippen LogP contribution >= 0.6 is 23.7 Å². The Labute approximate surface area is 170 Å². The number of amides is 2. The molecule has 1 aliphatic heterocycles. The molecule has 1 aromatic carbocycles. The van der Waals surface area contributed by atoms with Crippen LogP contribution in [0.15, 0.2) is 29.6 Å². The fourth-order valence-electron chi connectivity index (χ4n) is 3.57. The number of aryl methyl sites for hydroxylation is 1. The number of carbonyl (C=O) groups excluding carboxylic acids is 2. The molecule has 0 radical (unpaired) electrons. The standard InChI is InChI=1S/C20H27N3O2S.ClH/c21-10-11-22-20(25)15-6-4-12-23(13-15)19(24)9-3-5-16-14-26-18-8-2-1-7-17(16)18;/h1-2,7-8,14-15H,3-6,9-13,21H2,(H,22,25);1H. The van der Waals surface area contributed by atoms with Crippen molar-refractivity contribution < 1.29 is 9.59 Å². The van der Waals surface area contributed by atoms with E-state index in [-0.39, 0.29) is 30.1 Å². The van der Waals surface area contributed by atoms with Gasteiger partial charge < -0.3 is 16.0 Å². The monoisotopic (exact) mass is 409 g/mol. The summed E-state index contributed by atoms with van der Waals surface area (Å²) >= 11 is 1.76. The number of nitrogens with two attached hydrogens (primary N) is 1. The molecule has 1 saturated heterocycles. The van der Waals surface area contributed by atoms with E-state index in [4.69, 9.17) is 5.73 Å². The molecule has 7 heteroatoms. The third kappa shape index (κ3) is 5.67. The van der Waals surface area contributed by atoms with Crippen LogP contribution in [0.1, 0.15) is 31.2 Å². The highest BCUT2D eigenvalue weighted by Gasteiger charge is 2.27. The number of thiophene rings is 1. The van der Waals surface area contributed by atoms with Gasteiger partial charge in [-0.25, -0.2) is 0 Å². The van der Waals surface area contributed by atoms with Gasteiger partial charge in [-0.2, -0.15) is 0 Å². The Hall–Kier alpha value is -1.63. The molecule has 1 unspecified atom stereocenters. The topological polar surface area (TPSA) is 75.4 Å². The average molecular weight is 410 g/mol. The van der Waals surface area contributed by atoms with Crippen molar-refractivity contribution in [3.05, 3.63) is 35.2 Å². The van der Waals surface area contributed by atoms with E-state index in [2.05, 4.69) is 35.0 Å². The minimum Gasteiger partial charge on any atom is -0.355 e. The highest BCUT2D eigenvalue weighted by atomic mass is 35.5. The van der Waals surface area contributed by atoms with Crippen LogP contribution < -0.4 is 11.1 Å². The number of nitrogens with one attached hydrogen (secondary N) is 1. The third-order valence-corrected chi connectivity index (χ3v) is 6.00. The minimum absolute atomic E-state index is 0. The van der Waals surface area contributed by atoms with Crippen molar-refractivity contribution in [2.24, 2.45) is 11.7 Å². The fourth-order valence-corrected chi connectivity index (χ4v) is 4.57. The molecule has 1 fully saturated rings. The average Bonchev–Trinajstić information content (AvgIpc) is 3.09. The molecule has 0 bridgehead atoms. The molecular formula is C20H28ClN3O2S. The number of halogens is 1. The van der Waals surface area contributed by atoms with Gasteiger partial charge in [0, 0.05) is 37.3 Å². The van der Waals surface area contributed by atoms with Gasteiger partial charge in [-0.1, -0.05) is 18.2 Å². The van der Waals surface area contributed by atoms with E-state index in [0.29, 0.717) is 26.1 Å². The van der Waals surface area contributed by atoms with Crippen LogP contribution in [0.3, 0.4) is 0 Å². The lowest BCUT2D eigenvalue weighted by atomic mass is 9.96. The molecule has 0 aliphatic carbocycles. The molecule has 3 N–H and O–H groups in total. The number of piperidine rings is 1. The summed E-state index contributed by atoms with van der Waals surface area (Å²) in [6, 6.07) is 8.41. The van der Waals surface area contributed by atoms with Gasteiger partial charge in [0.25, 0.3) is 0 Å². The SMILES string of the molecule is Cl.NCCNC(=O)C1CCCN(C(=O)CCCc2csc3ccccc23)C1. The van der Waals surface area contributed by atoms with E-state index in [1.807, 2.05) is 4.90 Å². The summed E-state index contributed by atoms with van der Waals surface area (Å²) in [5.41, 5.74) is 6.76. The summed E-state index contributed by atoms with van der Waals surface area (Å²) in [6.07, 6.45) is 4.05. The molecule has 2 heterocycles. The first-order valence-electron chi connectivity index (χ1n) is 9.39. The van der Waals surface area contributed by atoms with Crippen molar-refractivity contribution in [2.75, 3.05) is 26.2 Å². The van der Waals surface area contributed by atoms with Gasteiger partial charge in [0.2, 0.25) is 11.8 Å². The molecule has 148 valence electrons. The zero-order chi connectivity index (χ0) is 18.4. The number of fused-ring (bicyclic) bond motifs is 1. The summed E-state index contributed by atoms with van der Waals surface area (Å²) < 4.78 is 1.30. The quantitative estimate of drug-likeness (QED) is 0.738. The molecular weight excluding hydrogens is 382 g/mol. The second kappa shape index (κ2) is 10.6. The maximum Gasteiger partial charge on any atom is 0.224 e. The van der Waals surface area contributed by atoms with Crippen molar-refractivity contribution in [2.45, 2.75) is 32.1 Å². The van der Waals surface area contributed by atoms with E-state index in [9.17, 15) is 9.59 Å². The van der Waals surface area contributed by atoms with Gasteiger partial charge in [0.15, 0.2) is 0 Å². The summed E-state index contributed by atoms with van der Waals surface area (Å²) in [5, 5.41) is 6.35. The molecule has 5 nitrogen and oxygen atoms in total. The predicted molar refractivity (Wildman–Crippen MR) is 113 cm³/mol. The van der Waals surface area contributed by atoms with Crippen LogP contribution in [0.2, 0.25) is 0 Å². The van der Waals surface area contributed by atoms with Crippen LogP contribution in [0, 0.1) is 5.92 Å². The van der Waals surface area contributed by atoms with E-state index < -0.39 is 0 Å². The van der Waals surface area contributed by atoms with Gasteiger partial charge >= 0.3 is 0 Å². The van der Waals surface area contributed by atoms with E-state index in [1.165, 1.54) is 15.6 Å². The van der Waals surface area contributed by atoms with Gasteiger partial charge in [0.1, 0.15) is 0 Å². The molecule has 0 spiro atoms. The Morgan fingerprint density at radius 1 is 1.30 bits per heavy atom. The minimum atomic E-state index is -0.0972. The normalized spacial score (nSPS) is 16.8. The molecule has 1 aromatic heterocycles. The number of carbonyl (C=O) groups is 2. The number of hydrogen-bond donors (Lipinski definition) is 2. The van der Waals surface area contributed by atoms with Crippen molar-refractivity contribution >= 4 is 45.6 Å². The lowest BCUT2D eigenvalue weighted by Gasteiger charge is -2.32. The Kier molecular flexibility index (Phi) is 8.54. The second-order valence-electron chi connectivity index (χ2n) is 6.87. The highest BCUT2D eigenvalue weighted by molar-refractivity contribution is 7.17. The van der Waals surface area contributed by atoms with Crippen LogP contribution in [0.5, 0.6) is 0 Å². The highest BCUT2D eigenvalue weighted by Crippen LogP contribution is 2.27. The zero-order valence-electron chi connectivity index (χ0n) is 15.5. The van der Waals surface area contributed by atoms with E-state index in [1.54, 1.807) is 11.3 Å². The first-order chi connectivity index (χ1) is 12.7.